The summed E-state index contributed by atoms with van der Waals surface area (Å²) in [5.74, 6) is 0.612. The van der Waals surface area contributed by atoms with Crippen molar-refractivity contribution in [3.8, 4) is 0 Å². The van der Waals surface area contributed by atoms with Gasteiger partial charge in [-0.25, -0.2) is 0 Å². The second-order valence-corrected chi connectivity index (χ2v) is 9.41. The van der Waals surface area contributed by atoms with Crippen molar-refractivity contribution in [1.29, 1.82) is 0 Å². The Kier molecular flexibility index (Phi) is 4.81. The van der Waals surface area contributed by atoms with Crippen LogP contribution in [0.5, 0.6) is 0 Å². The number of likely N-dealkylation sites (N-methyl/N-ethyl adjacent to an activating group) is 1. The van der Waals surface area contributed by atoms with E-state index >= 15 is 0 Å². The number of rotatable bonds is 1. The zero-order chi connectivity index (χ0) is 24.3. The predicted molar refractivity (Wildman–Crippen MR) is 140 cm³/mol. The number of fused-ring (bicyclic) bond motifs is 5. The van der Waals surface area contributed by atoms with Gasteiger partial charge in [0.1, 0.15) is 20.0 Å². The Balaban J connectivity index is 1.70. The zero-order valence-corrected chi connectivity index (χ0v) is 20.0. The van der Waals surface area contributed by atoms with Gasteiger partial charge in [0.15, 0.2) is 5.76 Å². The molecule has 1 aliphatic carbocycles. The topological polar surface area (TPSA) is 63.4 Å². The lowest BCUT2D eigenvalue weighted by Gasteiger charge is -2.37. The summed E-state index contributed by atoms with van der Waals surface area (Å²) in [6.07, 6.45) is 6.06. The highest BCUT2D eigenvalue weighted by molar-refractivity contribution is 6.33. The van der Waals surface area contributed by atoms with Gasteiger partial charge in [0.25, 0.3) is 0 Å². The SMILES string of the molecule is [B]c1ccc2cc1COC1=C=C=CC(=C1)c1cc(C)nc3ccc(cc13)C2(N)C1=CNC(C)N1C. The fraction of sp³-hybridized carbons (Fsp3) is 0.207. The summed E-state index contributed by atoms with van der Waals surface area (Å²) in [7, 11) is 8.42. The van der Waals surface area contributed by atoms with Crippen LogP contribution in [0.3, 0.4) is 0 Å². The van der Waals surface area contributed by atoms with E-state index in [2.05, 4.69) is 66.0 Å². The van der Waals surface area contributed by atoms with E-state index in [1.54, 1.807) is 0 Å². The van der Waals surface area contributed by atoms with Crippen molar-refractivity contribution < 1.29 is 4.74 Å². The fourth-order valence-electron chi connectivity index (χ4n) is 5.09. The minimum Gasteiger partial charge on any atom is -0.481 e. The predicted octanol–water partition coefficient (Wildman–Crippen LogP) is 3.38. The Morgan fingerprint density at radius 1 is 1.20 bits per heavy atom. The second-order valence-electron chi connectivity index (χ2n) is 9.41. The highest BCUT2D eigenvalue weighted by Crippen LogP contribution is 2.40. The third-order valence-electron chi connectivity index (χ3n) is 7.22. The van der Waals surface area contributed by atoms with Crippen molar-refractivity contribution in [2.24, 2.45) is 5.73 Å². The number of nitrogens with one attached hydrogen (secondary N) is 1. The molecule has 0 saturated carbocycles. The van der Waals surface area contributed by atoms with E-state index < -0.39 is 5.54 Å². The van der Waals surface area contributed by atoms with Crippen molar-refractivity contribution in [2.75, 3.05) is 7.05 Å². The minimum atomic E-state index is -0.934. The molecule has 2 aromatic carbocycles. The van der Waals surface area contributed by atoms with Crippen LogP contribution in [0.4, 0.5) is 0 Å². The summed E-state index contributed by atoms with van der Waals surface area (Å²) >= 11 is 0. The van der Waals surface area contributed by atoms with Gasteiger partial charge in [-0.15, -0.1) is 0 Å². The lowest BCUT2D eigenvalue weighted by Crippen LogP contribution is -2.46. The molecule has 0 fully saturated rings. The Bertz CT molecular complexity index is 1570. The minimum absolute atomic E-state index is 0.125. The summed E-state index contributed by atoms with van der Waals surface area (Å²) in [6.45, 7) is 4.42. The number of hydrogen-bond donors (Lipinski definition) is 2. The van der Waals surface area contributed by atoms with E-state index in [1.165, 1.54) is 0 Å². The third kappa shape index (κ3) is 3.35. The number of allylic oxidation sites excluding steroid dienone is 3. The van der Waals surface area contributed by atoms with Crippen LogP contribution in [0.25, 0.3) is 16.5 Å². The number of aromatic nitrogens is 1. The highest BCUT2D eigenvalue weighted by Gasteiger charge is 2.40. The highest BCUT2D eigenvalue weighted by atomic mass is 16.5. The number of nitrogens with zero attached hydrogens (tertiary/aromatic N) is 2. The van der Waals surface area contributed by atoms with Crippen LogP contribution in [0.2, 0.25) is 0 Å². The van der Waals surface area contributed by atoms with Gasteiger partial charge >= 0.3 is 0 Å². The molecular formula is C29H25BN4O. The number of nitrogens with two attached hydrogens (primary N) is 1. The molecule has 6 heteroatoms. The maximum absolute atomic E-state index is 7.44. The van der Waals surface area contributed by atoms with Gasteiger partial charge in [0.05, 0.1) is 17.4 Å². The molecule has 3 N–H and O–H groups in total. The summed E-state index contributed by atoms with van der Waals surface area (Å²) in [6, 6.07) is 14.4. The molecule has 6 rings (SSSR count). The number of hydrogen-bond acceptors (Lipinski definition) is 5. The average Bonchev–Trinajstić information content (AvgIpc) is 3.20. The molecule has 3 aromatic rings. The van der Waals surface area contributed by atoms with Crippen LogP contribution in [-0.2, 0) is 16.9 Å². The van der Waals surface area contributed by atoms with Crippen molar-refractivity contribution in [3.05, 3.63) is 112 Å². The molecule has 3 heterocycles. The van der Waals surface area contributed by atoms with E-state index in [0.29, 0.717) is 17.8 Å². The average molecular weight is 456 g/mol. The Hall–Kier alpha value is -3.95. The number of pyridine rings is 1. The van der Waals surface area contributed by atoms with Crippen molar-refractivity contribution in [2.45, 2.75) is 32.2 Å². The Labute approximate surface area is 206 Å². The lowest BCUT2D eigenvalue weighted by atomic mass is 9.77. The monoisotopic (exact) mass is 456 g/mol. The molecule has 2 unspecified atom stereocenters. The van der Waals surface area contributed by atoms with Gasteiger partial charge in [-0.3, -0.25) is 4.98 Å². The summed E-state index contributed by atoms with van der Waals surface area (Å²) in [5.41, 5.74) is 21.0. The standard InChI is InChI=1S/C29H25BN4O/c1-17-11-24-19-5-4-6-23(13-19)35-16-20-12-21(7-9-26(20)30)29(31,28-15-32-18(2)34(28)3)22-8-10-27(33-17)25(24)14-22/h5,7-15,18,32H,16,31H2,1-3H3. The number of benzene rings is 2. The van der Waals surface area contributed by atoms with Gasteiger partial charge in [0.2, 0.25) is 0 Å². The smallest absolute Gasteiger partial charge is 0.171 e. The van der Waals surface area contributed by atoms with Gasteiger partial charge in [0, 0.05) is 24.3 Å². The van der Waals surface area contributed by atoms with E-state index in [-0.39, 0.29) is 6.17 Å². The van der Waals surface area contributed by atoms with Gasteiger partial charge in [-0.2, -0.15) is 0 Å². The number of ether oxygens (including phenoxy) is 1. The van der Waals surface area contributed by atoms with E-state index in [4.69, 9.17) is 23.3 Å². The van der Waals surface area contributed by atoms with E-state index in [1.807, 2.05) is 37.4 Å². The first kappa shape index (κ1) is 21.6. The van der Waals surface area contributed by atoms with Crippen LogP contribution in [0.15, 0.2) is 83.7 Å². The lowest BCUT2D eigenvalue weighted by molar-refractivity contribution is 0.212. The Morgan fingerprint density at radius 2 is 2.00 bits per heavy atom. The summed E-state index contributed by atoms with van der Waals surface area (Å²) in [4.78, 5) is 6.98. The van der Waals surface area contributed by atoms with Crippen LogP contribution < -0.4 is 16.5 Å². The van der Waals surface area contributed by atoms with Crippen molar-refractivity contribution in [1.82, 2.24) is 15.2 Å². The van der Waals surface area contributed by atoms with Crippen LogP contribution in [-0.4, -0.2) is 30.9 Å². The molecule has 0 saturated heterocycles. The molecule has 0 spiro atoms. The fourth-order valence-corrected chi connectivity index (χ4v) is 5.09. The summed E-state index contributed by atoms with van der Waals surface area (Å²) in [5, 5.41) is 4.43. The first-order valence-electron chi connectivity index (χ1n) is 11.7. The molecule has 35 heavy (non-hydrogen) atoms. The Morgan fingerprint density at radius 3 is 2.80 bits per heavy atom. The molecule has 6 bridgehead atoms. The maximum atomic E-state index is 7.44. The third-order valence-corrected chi connectivity index (χ3v) is 7.22. The molecule has 2 radical (unpaired) electrons. The van der Waals surface area contributed by atoms with Crippen LogP contribution in [0, 0.1) is 6.92 Å². The molecule has 2 aliphatic heterocycles. The molecule has 0 amide bonds. The number of aryl methyl sites for hydroxylation is 1. The molecular weight excluding hydrogens is 431 g/mol. The van der Waals surface area contributed by atoms with Crippen LogP contribution >= 0.6 is 0 Å². The normalized spacial score (nSPS) is 22.5. The van der Waals surface area contributed by atoms with Gasteiger partial charge in [-0.1, -0.05) is 35.5 Å². The van der Waals surface area contributed by atoms with Gasteiger partial charge < -0.3 is 20.7 Å². The quantitative estimate of drug-likeness (QED) is 0.434. The van der Waals surface area contributed by atoms with E-state index in [0.717, 1.165) is 50.1 Å². The molecule has 1 aromatic heterocycles. The molecule has 5 nitrogen and oxygen atoms in total. The van der Waals surface area contributed by atoms with Crippen molar-refractivity contribution >= 4 is 29.8 Å². The van der Waals surface area contributed by atoms with E-state index in [9.17, 15) is 0 Å². The summed E-state index contributed by atoms with van der Waals surface area (Å²) < 4.78 is 6.14. The maximum Gasteiger partial charge on any atom is 0.171 e. The van der Waals surface area contributed by atoms with Gasteiger partial charge in [-0.05, 0) is 77.8 Å². The molecule has 2 atom stereocenters. The van der Waals surface area contributed by atoms with Crippen molar-refractivity contribution in [3.63, 3.8) is 0 Å². The molecule has 3 aliphatic rings. The largest absolute Gasteiger partial charge is 0.481 e. The second kappa shape index (κ2) is 7.79. The molecule has 170 valence electrons. The van der Waals surface area contributed by atoms with Crippen LogP contribution in [0.1, 0.15) is 34.9 Å². The first-order valence-corrected chi connectivity index (χ1v) is 11.7. The zero-order valence-electron chi connectivity index (χ0n) is 20.0. The first-order chi connectivity index (χ1) is 16.8.